The summed E-state index contributed by atoms with van der Waals surface area (Å²) >= 11 is 0. The Bertz CT molecular complexity index is 1340. The van der Waals surface area contributed by atoms with Gasteiger partial charge >= 0.3 is 0 Å². The molecule has 2 aromatic carbocycles. The number of aromatic nitrogens is 3. The number of rotatable bonds is 6. The number of carbonyl (C=O) groups excluding carboxylic acids is 1. The molecule has 2 aromatic heterocycles. The second-order valence-corrected chi connectivity index (χ2v) is 9.41. The fourth-order valence-electron chi connectivity index (χ4n) is 4.76. The van der Waals surface area contributed by atoms with Gasteiger partial charge in [-0.3, -0.25) is 14.4 Å². The van der Waals surface area contributed by atoms with E-state index in [1.165, 1.54) is 5.56 Å². The molecule has 1 N–H and O–H groups in total. The second kappa shape index (κ2) is 9.98. The van der Waals surface area contributed by atoms with E-state index >= 15 is 0 Å². The van der Waals surface area contributed by atoms with Gasteiger partial charge in [0, 0.05) is 51.9 Å². The zero-order valence-corrected chi connectivity index (χ0v) is 20.7. The molecule has 0 unspecified atom stereocenters. The third-order valence-electron chi connectivity index (χ3n) is 6.73. The van der Waals surface area contributed by atoms with Crippen LogP contribution in [0.4, 0.5) is 0 Å². The Labute approximate surface area is 206 Å². The average Bonchev–Trinajstić information content (AvgIpc) is 3.17. The van der Waals surface area contributed by atoms with E-state index in [-0.39, 0.29) is 5.91 Å². The Hall–Kier alpha value is -3.55. The topological polar surface area (TPSA) is 66.3 Å². The first-order valence-corrected chi connectivity index (χ1v) is 12.1. The maximum Gasteiger partial charge on any atom is 0.252 e. The molecule has 1 saturated heterocycles. The molecule has 1 amide bonds. The summed E-state index contributed by atoms with van der Waals surface area (Å²) in [7, 11) is 4.04. The van der Waals surface area contributed by atoms with Crippen molar-refractivity contribution in [2.24, 2.45) is 7.05 Å². The van der Waals surface area contributed by atoms with Crippen LogP contribution in [-0.2, 0) is 20.1 Å². The van der Waals surface area contributed by atoms with Crippen LogP contribution < -0.4 is 5.32 Å². The van der Waals surface area contributed by atoms with Crippen LogP contribution in [0.25, 0.3) is 22.3 Å². The molecule has 7 nitrogen and oxygen atoms in total. The van der Waals surface area contributed by atoms with Crippen molar-refractivity contribution in [1.29, 1.82) is 0 Å². The van der Waals surface area contributed by atoms with E-state index < -0.39 is 0 Å². The molecular formula is C28H32N6O. The quantitative estimate of drug-likeness (QED) is 0.468. The number of fused-ring (bicyclic) bond motifs is 1. The number of amides is 1. The summed E-state index contributed by atoms with van der Waals surface area (Å²) in [6.07, 6.45) is 0. The van der Waals surface area contributed by atoms with Crippen LogP contribution in [0, 0.1) is 6.92 Å². The van der Waals surface area contributed by atoms with Gasteiger partial charge in [0.15, 0.2) is 5.65 Å². The van der Waals surface area contributed by atoms with Crippen molar-refractivity contribution in [3.8, 4) is 11.3 Å². The molecule has 1 fully saturated rings. The molecule has 35 heavy (non-hydrogen) atoms. The normalized spacial score (nSPS) is 14.9. The third kappa shape index (κ3) is 5.11. The minimum atomic E-state index is -0.116. The van der Waals surface area contributed by atoms with E-state index in [1.54, 1.807) is 4.68 Å². The van der Waals surface area contributed by atoms with E-state index in [4.69, 9.17) is 4.98 Å². The van der Waals surface area contributed by atoms with Crippen LogP contribution in [0.5, 0.6) is 0 Å². The first kappa shape index (κ1) is 23.2. The minimum absolute atomic E-state index is 0.116. The smallest absolute Gasteiger partial charge is 0.252 e. The van der Waals surface area contributed by atoms with Crippen LogP contribution >= 0.6 is 0 Å². The van der Waals surface area contributed by atoms with Crippen LogP contribution in [0.15, 0.2) is 60.7 Å². The molecule has 0 spiro atoms. The maximum absolute atomic E-state index is 13.4. The molecular weight excluding hydrogens is 436 g/mol. The SMILES string of the molecule is Cc1nn(C)c2nc(-c3ccccc3)cc(C(=O)NCc3cccc(CN4CCN(C)CC4)c3)c12. The van der Waals surface area contributed by atoms with Crippen LogP contribution in [0.2, 0.25) is 0 Å². The number of likely N-dealkylation sites (N-methyl/N-ethyl adjacent to an activating group) is 1. The van der Waals surface area contributed by atoms with Gasteiger partial charge in [-0.1, -0.05) is 54.6 Å². The monoisotopic (exact) mass is 468 g/mol. The number of piperazine rings is 1. The van der Waals surface area contributed by atoms with Gasteiger partial charge in [0.25, 0.3) is 5.91 Å². The largest absolute Gasteiger partial charge is 0.348 e. The molecule has 3 heterocycles. The highest BCUT2D eigenvalue weighted by Gasteiger charge is 2.19. The van der Waals surface area contributed by atoms with Crippen molar-refractivity contribution in [3.63, 3.8) is 0 Å². The minimum Gasteiger partial charge on any atom is -0.348 e. The molecule has 0 bridgehead atoms. The number of hydrogen-bond donors (Lipinski definition) is 1. The zero-order chi connectivity index (χ0) is 24.4. The molecule has 7 heteroatoms. The number of nitrogens with zero attached hydrogens (tertiary/aromatic N) is 5. The van der Waals surface area contributed by atoms with E-state index in [9.17, 15) is 4.79 Å². The number of nitrogens with one attached hydrogen (secondary N) is 1. The Kier molecular flexibility index (Phi) is 6.61. The van der Waals surface area contributed by atoms with Gasteiger partial charge < -0.3 is 10.2 Å². The summed E-state index contributed by atoms with van der Waals surface area (Å²) < 4.78 is 1.75. The van der Waals surface area contributed by atoms with Gasteiger partial charge in [0.2, 0.25) is 0 Å². The molecule has 4 aromatic rings. The molecule has 0 radical (unpaired) electrons. The van der Waals surface area contributed by atoms with Gasteiger partial charge in [-0.2, -0.15) is 5.10 Å². The van der Waals surface area contributed by atoms with Gasteiger partial charge in [-0.05, 0) is 31.2 Å². The summed E-state index contributed by atoms with van der Waals surface area (Å²) in [5.41, 5.74) is 6.23. The summed E-state index contributed by atoms with van der Waals surface area (Å²) in [6.45, 7) is 7.72. The second-order valence-electron chi connectivity index (χ2n) is 9.41. The summed E-state index contributed by atoms with van der Waals surface area (Å²) in [5, 5.41) is 8.46. The Morgan fingerprint density at radius 3 is 2.46 bits per heavy atom. The van der Waals surface area contributed by atoms with Crippen molar-refractivity contribution in [3.05, 3.63) is 83.0 Å². The van der Waals surface area contributed by atoms with Crippen molar-refractivity contribution in [2.75, 3.05) is 33.2 Å². The third-order valence-corrected chi connectivity index (χ3v) is 6.73. The lowest BCUT2D eigenvalue weighted by Gasteiger charge is -2.32. The van der Waals surface area contributed by atoms with Gasteiger partial charge in [-0.15, -0.1) is 0 Å². The average molecular weight is 469 g/mol. The molecule has 180 valence electrons. The van der Waals surface area contributed by atoms with Crippen molar-refractivity contribution in [2.45, 2.75) is 20.0 Å². The Balaban J connectivity index is 1.36. The van der Waals surface area contributed by atoms with Crippen LogP contribution in [0.1, 0.15) is 27.2 Å². The molecule has 0 aliphatic carbocycles. The molecule has 5 rings (SSSR count). The highest BCUT2D eigenvalue weighted by Crippen LogP contribution is 2.27. The number of aryl methyl sites for hydroxylation is 2. The van der Waals surface area contributed by atoms with Crippen molar-refractivity contribution in [1.82, 2.24) is 29.9 Å². The Morgan fingerprint density at radius 1 is 0.943 bits per heavy atom. The Morgan fingerprint density at radius 2 is 1.69 bits per heavy atom. The summed E-state index contributed by atoms with van der Waals surface area (Å²) in [5.74, 6) is -0.116. The van der Waals surface area contributed by atoms with E-state index in [0.717, 1.165) is 60.6 Å². The highest BCUT2D eigenvalue weighted by atomic mass is 16.1. The predicted octanol–water partition coefficient (Wildman–Crippen LogP) is 3.62. The maximum atomic E-state index is 13.4. The van der Waals surface area contributed by atoms with Crippen LogP contribution in [0.3, 0.4) is 0 Å². The zero-order valence-electron chi connectivity index (χ0n) is 20.7. The predicted molar refractivity (Wildman–Crippen MR) is 139 cm³/mol. The standard InChI is InChI=1S/C28H32N6O/c1-20-26-24(17-25(23-10-5-4-6-11-23)30-27(26)33(3)31-20)28(35)29-18-21-8-7-9-22(16-21)19-34-14-12-32(2)13-15-34/h4-11,16-17H,12-15,18-19H2,1-3H3,(H,29,35). The summed E-state index contributed by atoms with van der Waals surface area (Å²) in [6, 6.07) is 20.3. The lowest BCUT2D eigenvalue weighted by Crippen LogP contribution is -2.43. The van der Waals surface area contributed by atoms with E-state index in [2.05, 4.69) is 51.5 Å². The van der Waals surface area contributed by atoms with Crippen molar-refractivity contribution >= 4 is 16.9 Å². The molecule has 1 aliphatic heterocycles. The molecule has 1 aliphatic rings. The number of benzene rings is 2. The fraction of sp³-hybridized carbons (Fsp3) is 0.321. The molecule has 0 atom stereocenters. The number of hydrogen-bond acceptors (Lipinski definition) is 5. The van der Waals surface area contributed by atoms with E-state index in [0.29, 0.717) is 17.8 Å². The van der Waals surface area contributed by atoms with Crippen molar-refractivity contribution < 1.29 is 4.79 Å². The van der Waals surface area contributed by atoms with E-state index in [1.807, 2.05) is 50.4 Å². The first-order valence-electron chi connectivity index (χ1n) is 12.1. The number of pyridine rings is 1. The first-order chi connectivity index (χ1) is 17.0. The highest BCUT2D eigenvalue weighted by molar-refractivity contribution is 6.07. The summed E-state index contributed by atoms with van der Waals surface area (Å²) in [4.78, 5) is 23.1. The van der Waals surface area contributed by atoms with Gasteiger partial charge in [-0.25, -0.2) is 4.98 Å². The molecule has 0 saturated carbocycles. The van der Waals surface area contributed by atoms with Gasteiger partial charge in [0.05, 0.1) is 22.3 Å². The van der Waals surface area contributed by atoms with Gasteiger partial charge in [0.1, 0.15) is 0 Å². The lowest BCUT2D eigenvalue weighted by molar-refractivity contribution is 0.0952. The number of carbonyl (C=O) groups is 1. The fourth-order valence-corrected chi connectivity index (χ4v) is 4.76. The lowest BCUT2D eigenvalue weighted by atomic mass is 10.0. The van der Waals surface area contributed by atoms with Crippen LogP contribution in [-0.4, -0.2) is 63.7 Å².